The third-order valence-electron chi connectivity index (χ3n) is 3.48. The maximum Gasteiger partial charge on any atom is 0.303 e. The van der Waals surface area contributed by atoms with E-state index in [-0.39, 0.29) is 19.8 Å². The van der Waals surface area contributed by atoms with Crippen LogP contribution in [0.2, 0.25) is 0 Å². The molecular formula is C16H23N3O10. The van der Waals surface area contributed by atoms with Crippen LogP contribution < -0.4 is 0 Å². The van der Waals surface area contributed by atoms with Crippen LogP contribution in [0.15, 0.2) is 5.11 Å². The highest BCUT2D eigenvalue weighted by Gasteiger charge is 2.52. The van der Waals surface area contributed by atoms with Crippen LogP contribution >= 0.6 is 0 Å². The summed E-state index contributed by atoms with van der Waals surface area (Å²) in [4.78, 5) is 48.5. The predicted octanol–water partition coefficient (Wildman–Crippen LogP) is 0.396. The van der Waals surface area contributed by atoms with Crippen LogP contribution in [0.1, 0.15) is 27.7 Å². The Morgan fingerprint density at radius 3 is 1.97 bits per heavy atom. The zero-order valence-electron chi connectivity index (χ0n) is 16.4. The van der Waals surface area contributed by atoms with E-state index in [1.807, 2.05) is 0 Å². The van der Waals surface area contributed by atoms with Crippen LogP contribution in [0.3, 0.4) is 0 Å². The number of hydrogen-bond acceptors (Lipinski definition) is 11. The molecule has 1 aliphatic rings. The third kappa shape index (κ3) is 8.34. The first kappa shape index (κ1) is 24.1. The first-order valence-corrected chi connectivity index (χ1v) is 8.58. The lowest BCUT2D eigenvalue weighted by Gasteiger charge is -2.44. The molecule has 1 saturated heterocycles. The molecule has 13 heteroatoms. The first-order valence-electron chi connectivity index (χ1n) is 8.58. The molecule has 1 heterocycles. The monoisotopic (exact) mass is 417 g/mol. The summed E-state index contributed by atoms with van der Waals surface area (Å²) in [5, 5.41) is 3.31. The first-order chi connectivity index (χ1) is 13.6. The standard InChI is InChI=1S/C16H23N3O10/c1-8(20)25-7-12-13(26-9(2)21)14(27-10(3)22)15(28-11(4)23)16(29-12)24-6-5-18-19-17/h12-16H,5-7H2,1-4H3/t12-,13-,14+,15+,16+/m1/s1. The largest absolute Gasteiger partial charge is 0.463 e. The predicted molar refractivity (Wildman–Crippen MR) is 91.9 cm³/mol. The molecule has 0 saturated carbocycles. The van der Waals surface area contributed by atoms with Gasteiger partial charge in [-0.1, -0.05) is 5.11 Å². The topological polar surface area (TPSA) is 172 Å². The Labute approximate surface area is 166 Å². The van der Waals surface area contributed by atoms with E-state index in [9.17, 15) is 19.2 Å². The fraction of sp³-hybridized carbons (Fsp3) is 0.750. The molecule has 13 nitrogen and oxygen atoms in total. The van der Waals surface area contributed by atoms with Crippen molar-refractivity contribution in [1.29, 1.82) is 0 Å². The molecule has 29 heavy (non-hydrogen) atoms. The highest BCUT2D eigenvalue weighted by atomic mass is 16.7. The SMILES string of the molecule is CC(=O)OC[C@H]1O[C@H](OCCN=[N+]=[N-])[C@@H](OC(C)=O)[C@@H](OC(C)=O)[C@@H]1OC(C)=O. The molecule has 0 unspecified atom stereocenters. The van der Waals surface area contributed by atoms with Crippen molar-refractivity contribution < 1.29 is 47.6 Å². The van der Waals surface area contributed by atoms with Gasteiger partial charge in [-0.2, -0.15) is 0 Å². The van der Waals surface area contributed by atoms with Gasteiger partial charge in [0.1, 0.15) is 12.7 Å². The molecule has 1 aliphatic heterocycles. The van der Waals surface area contributed by atoms with Gasteiger partial charge in [0.2, 0.25) is 0 Å². The number of carbonyl (C=O) groups excluding carboxylic acids is 4. The van der Waals surface area contributed by atoms with Gasteiger partial charge in [0.25, 0.3) is 0 Å². The van der Waals surface area contributed by atoms with Gasteiger partial charge >= 0.3 is 23.9 Å². The molecule has 0 amide bonds. The smallest absolute Gasteiger partial charge is 0.303 e. The number of rotatable bonds is 9. The zero-order chi connectivity index (χ0) is 22.0. The van der Waals surface area contributed by atoms with E-state index in [1.165, 1.54) is 6.92 Å². The minimum Gasteiger partial charge on any atom is -0.463 e. The van der Waals surface area contributed by atoms with Crippen LogP contribution in [0, 0.1) is 0 Å². The third-order valence-corrected chi connectivity index (χ3v) is 3.48. The highest BCUT2D eigenvalue weighted by molar-refractivity contribution is 5.68. The van der Waals surface area contributed by atoms with Crippen molar-refractivity contribution in [2.45, 2.75) is 58.4 Å². The van der Waals surface area contributed by atoms with Crippen molar-refractivity contribution in [3.8, 4) is 0 Å². The Bertz CT molecular complexity index is 663. The quantitative estimate of drug-likeness (QED) is 0.128. The van der Waals surface area contributed by atoms with Gasteiger partial charge in [0.15, 0.2) is 24.6 Å². The summed E-state index contributed by atoms with van der Waals surface area (Å²) in [5.41, 5.74) is 8.35. The minimum absolute atomic E-state index is 0.0522. The van der Waals surface area contributed by atoms with Crippen molar-refractivity contribution in [3.63, 3.8) is 0 Å². The lowest BCUT2D eigenvalue weighted by Crippen LogP contribution is -2.63. The van der Waals surface area contributed by atoms with Crippen molar-refractivity contribution in [1.82, 2.24) is 0 Å². The van der Waals surface area contributed by atoms with Gasteiger partial charge in [-0.05, 0) is 5.53 Å². The molecule has 0 aliphatic carbocycles. The maximum atomic E-state index is 11.6. The Kier molecular flexibility index (Phi) is 9.86. The van der Waals surface area contributed by atoms with E-state index >= 15 is 0 Å². The molecule has 0 bridgehead atoms. The molecule has 5 atom stereocenters. The van der Waals surface area contributed by atoms with Crippen LogP contribution in [0.25, 0.3) is 10.4 Å². The van der Waals surface area contributed by atoms with Gasteiger partial charge in [0, 0.05) is 39.2 Å². The number of hydrogen-bond donors (Lipinski definition) is 0. The van der Waals surface area contributed by atoms with E-state index in [2.05, 4.69) is 10.0 Å². The van der Waals surface area contributed by atoms with Crippen LogP contribution in [0.4, 0.5) is 0 Å². The maximum absolute atomic E-state index is 11.6. The molecular weight excluding hydrogens is 394 g/mol. The van der Waals surface area contributed by atoms with Crippen molar-refractivity contribution in [2.75, 3.05) is 19.8 Å². The summed E-state index contributed by atoms with van der Waals surface area (Å²) in [7, 11) is 0. The van der Waals surface area contributed by atoms with Crippen molar-refractivity contribution in [2.24, 2.45) is 5.11 Å². The molecule has 162 valence electrons. The Hall–Kier alpha value is -2.89. The van der Waals surface area contributed by atoms with Gasteiger partial charge in [-0.3, -0.25) is 19.2 Å². The van der Waals surface area contributed by atoms with E-state index in [4.69, 9.17) is 34.0 Å². The lowest BCUT2D eigenvalue weighted by molar-refractivity contribution is -0.307. The second kappa shape index (κ2) is 11.8. The molecule has 0 aromatic heterocycles. The van der Waals surface area contributed by atoms with Gasteiger partial charge in [-0.15, -0.1) is 0 Å². The summed E-state index contributed by atoms with van der Waals surface area (Å²) >= 11 is 0. The molecule has 0 N–H and O–H groups in total. The van der Waals surface area contributed by atoms with Crippen LogP contribution in [-0.4, -0.2) is 74.3 Å². The van der Waals surface area contributed by atoms with E-state index in [1.54, 1.807) is 0 Å². The van der Waals surface area contributed by atoms with Gasteiger partial charge in [-0.25, -0.2) is 0 Å². The van der Waals surface area contributed by atoms with Crippen molar-refractivity contribution in [3.05, 3.63) is 10.4 Å². The molecule has 0 radical (unpaired) electrons. The minimum atomic E-state index is -1.31. The zero-order valence-corrected chi connectivity index (χ0v) is 16.4. The fourth-order valence-electron chi connectivity index (χ4n) is 2.58. The number of nitrogens with zero attached hydrogens (tertiary/aromatic N) is 3. The Morgan fingerprint density at radius 1 is 0.897 bits per heavy atom. The molecule has 1 fully saturated rings. The summed E-state index contributed by atoms with van der Waals surface area (Å²) in [6.07, 6.45) is -6.25. The van der Waals surface area contributed by atoms with Crippen molar-refractivity contribution >= 4 is 23.9 Å². The molecule has 0 aromatic carbocycles. The number of carbonyl (C=O) groups is 4. The normalized spacial score (nSPS) is 25.9. The Morgan fingerprint density at radius 2 is 1.45 bits per heavy atom. The average molecular weight is 417 g/mol. The molecule has 1 rings (SSSR count). The summed E-state index contributed by atoms with van der Waals surface area (Å²) in [5.74, 6) is -2.83. The summed E-state index contributed by atoms with van der Waals surface area (Å²) in [6.45, 7) is 4.01. The second-order valence-electron chi connectivity index (χ2n) is 5.89. The number of esters is 4. The number of azide groups is 1. The van der Waals surface area contributed by atoms with E-state index < -0.39 is 54.6 Å². The average Bonchev–Trinajstić information content (AvgIpc) is 2.60. The molecule has 0 aromatic rings. The summed E-state index contributed by atoms with van der Waals surface area (Å²) < 4.78 is 31.7. The Balaban J connectivity index is 3.22. The summed E-state index contributed by atoms with van der Waals surface area (Å²) in [6, 6.07) is 0. The van der Waals surface area contributed by atoms with E-state index in [0.717, 1.165) is 20.8 Å². The van der Waals surface area contributed by atoms with Crippen LogP contribution in [-0.2, 0) is 47.6 Å². The second-order valence-corrected chi connectivity index (χ2v) is 5.89. The van der Waals surface area contributed by atoms with Gasteiger partial charge < -0.3 is 28.4 Å². The lowest BCUT2D eigenvalue weighted by atomic mass is 9.98. The number of ether oxygens (including phenoxy) is 6. The fourth-order valence-corrected chi connectivity index (χ4v) is 2.58. The molecule has 0 spiro atoms. The van der Waals surface area contributed by atoms with Crippen LogP contribution in [0.5, 0.6) is 0 Å². The highest BCUT2D eigenvalue weighted by Crippen LogP contribution is 2.29. The van der Waals surface area contributed by atoms with E-state index in [0.29, 0.717) is 0 Å². The van der Waals surface area contributed by atoms with Gasteiger partial charge in [0.05, 0.1) is 6.61 Å².